The summed E-state index contributed by atoms with van der Waals surface area (Å²) in [7, 11) is 0. The van der Waals surface area contributed by atoms with Crippen LogP contribution in [0, 0.1) is 5.82 Å². The molecule has 1 aromatic heterocycles. The fourth-order valence-electron chi connectivity index (χ4n) is 2.65. The fraction of sp³-hybridized carbons (Fsp3) is 0.0909. The summed E-state index contributed by atoms with van der Waals surface area (Å²) in [5, 5.41) is 3.33. The zero-order chi connectivity index (χ0) is 19.2. The summed E-state index contributed by atoms with van der Waals surface area (Å²) in [6, 6.07) is 17.6. The van der Waals surface area contributed by atoms with E-state index in [1.165, 1.54) is 18.2 Å². The van der Waals surface area contributed by atoms with E-state index in [9.17, 15) is 9.18 Å². The van der Waals surface area contributed by atoms with E-state index < -0.39 is 0 Å². The first-order valence-electron chi connectivity index (χ1n) is 8.48. The van der Waals surface area contributed by atoms with Gasteiger partial charge in [-0.25, -0.2) is 9.37 Å². The van der Waals surface area contributed by atoms with Gasteiger partial charge in [0.1, 0.15) is 11.0 Å². The summed E-state index contributed by atoms with van der Waals surface area (Å²) in [4.78, 5) is 16.3. The summed E-state index contributed by atoms with van der Waals surface area (Å²) in [6.45, 7) is 1.90. The maximum Gasteiger partial charge on any atom is 0.244 e. The standard InChI is InChI=1S/C22H18ClFN2O/c1-15(26-22(27)12-10-16-5-2-3-8-20(16)24)17-6-4-7-18(13-17)19-9-11-21(23)25-14-19/h2-15H,1H3,(H,26,27)/b12-10+/t15-/m0/s1. The van der Waals surface area contributed by atoms with E-state index in [2.05, 4.69) is 10.3 Å². The number of rotatable bonds is 5. The monoisotopic (exact) mass is 380 g/mol. The van der Waals surface area contributed by atoms with Crippen LogP contribution in [0.15, 0.2) is 72.9 Å². The molecule has 0 saturated heterocycles. The Kier molecular flexibility index (Phi) is 5.99. The minimum atomic E-state index is -0.362. The Balaban J connectivity index is 1.70. The smallest absolute Gasteiger partial charge is 0.244 e. The van der Waals surface area contributed by atoms with Crippen molar-refractivity contribution in [1.82, 2.24) is 10.3 Å². The van der Waals surface area contributed by atoms with Crippen LogP contribution in [-0.2, 0) is 4.79 Å². The number of nitrogens with one attached hydrogen (secondary N) is 1. The second kappa shape index (κ2) is 8.60. The Morgan fingerprint density at radius 1 is 1.11 bits per heavy atom. The molecule has 0 bridgehead atoms. The zero-order valence-corrected chi connectivity index (χ0v) is 15.5. The molecule has 0 unspecified atom stereocenters. The van der Waals surface area contributed by atoms with Crippen LogP contribution in [0.5, 0.6) is 0 Å². The van der Waals surface area contributed by atoms with Crippen LogP contribution in [-0.4, -0.2) is 10.9 Å². The van der Waals surface area contributed by atoms with Crippen LogP contribution >= 0.6 is 11.6 Å². The SMILES string of the molecule is C[C@H](NC(=O)/C=C/c1ccccc1F)c1cccc(-c2ccc(Cl)nc2)c1. The number of pyridine rings is 1. The van der Waals surface area contributed by atoms with Crippen molar-refractivity contribution >= 4 is 23.6 Å². The highest BCUT2D eigenvalue weighted by molar-refractivity contribution is 6.29. The van der Waals surface area contributed by atoms with Crippen LogP contribution in [0.4, 0.5) is 4.39 Å². The second-order valence-corrected chi connectivity index (χ2v) is 6.47. The number of halogens is 2. The lowest BCUT2D eigenvalue weighted by Gasteiger charge is -2.14. The largest absolute Gasteiger partial charge is 0.346 e. The first-order valence-corrected chi connectivity index (χ1v) is 8.86. The van der Waals surface area contributed by atoms with Crippen LogP contribution in [0.2, 0.25) is 5.15 Å². The van der Waals surface area contributed by atoms with Gasteiger partial charge in [-0.05, 0) is 48.4 Å². The van der Waals surface area contributed by atoms with E-state index in [-0.39, 0.29) is 17.8 Å². The van der Waals surface area contributed by atoms with Gasteiger partial charge >= 0.3 is 0 Å². The third-order valence-corrected chi connectivity index (χ3v) is 4.35. The number of amides is 1. The van der Waals surface area contributed by atoms with Crippen molar-refractivity contribution in [2.24, 2.45) is 0 Å². The van der Waals surface area contributed by atoms with Crippen molar-refractivity contribution < 1.29 is 9.18 Å². The summed E-state index contributed by atoms with van der Waals surface area (Å²) in [5.41, 5.74) is 3.26. The van der Waals surface area contributed by atoms with Crippen molar-refractivity contribution in [3.63, 3.8) is 0 Å². The number of carbonyl (C=O) groups excluding carboxylic acids is 1. The van der Waals surface area contributed by atoms with Gasteiger partial charge in [-0.2, -0.15) is 0 Å². The number of hydrogen-bond acceptors (Lipinski definition) is 2. The van der Waals surface area contributed by atoms with Gasteiger partial charge in [-0.3, -0.25) is 4.79 Å². The highest BCUT2D eigenvalue weighted by Gasteiger charge is 2.09. The number of hydrogen-bond donors (Lipinski definition) is 1. The molecule has 136 valence electrons. The molecule has 5 heteroatoms. The van der Waals surface area contributed by atoms with Gasteiger partial charge in [-0.1, -0.05) is 48.0 Å². The van der Waals surface area contributed by atoms with E-state index in [1.807, 2.05) is 37.3 Å². The van der Waals surface area contributed by atoms with Gasteiger partial charge < -0.3 is 5.32 Å². The molecular formula is C22H18ClFN2O. The van der Waals surface area contributed by atoms with E-state index >= 15 is 0 Å². The van der Waals surface area contributed by atoms with Crippen molar-refractivity contribution in [2.45, 2.75) is 13.0 Å². The molecule has 27 heavy (non-hydrogen) atoms. The van der Waals surface area contributed by atoms with Crippen molar-refractivity contribution in [1.29, 1.82) is 0 Å². The normalized spacial score (nSPS) is 12.1. The lowest BCUT2D eigenvalue weighted by Crippen LogP contribution is -2.24. The molecule has 1 heterocycles. The molecule has 1 amide bonds. The maximum absolute atomic E-state index is 13.6. The Morgan fingerprint density at radius 3 is 2.67 bits per heavy atom. The summed E-state index contributed by atoms with van der Waals surface area (Å²) < 4.78 is 13.6. The van der Waals surface area contributed by atoms with Gasteiger partial charge in [0.2, 0.25) is 5.91 Å². The summed E-state index contributed by atoms with van der Waals surface area (Å²) in [5.74, 6) is -0.650. The predicted molar refractivity (Wildman–Crippen MR) is 107 cm³/mol. The zero-order valence-electron chi connectivity index (χ0n) is 14.7. The number of nitrogens with zero attached hydrogens (tertiary/aromatic N) is 1. The Bertz CT molecular complexity index is 970. The van der Waals surface area contributed by atoms with Crippen LogP contribution in [0.1, 0.15) is 24.1 Å². The first-order chi connectivity index (χ1) is 13.0. The van der Waals surface area contributed by atoms with Crippen molar-refractivity contribution in [3.8, 4) is 11.1 Å². The molecule has 0 fully saturated rings. The molecular weight excluding hydrogens is 363 g/mol. The first kappa shape index (κ1) is 18.8. The third-order valence-electron chi connectivity index (χ3n) is 4.13. The lowest BCUT2D eigenvalue weighted by atomic mass is 10.0. The van der Waals surface area contributed by atoms with Gasteiger partial charge in [-0.15, -0.1) is 0 Å². The molecule has 3 aromatic rings. The number of carbonyl (C=O) groups is 1. The molecule has 0 aliphatic carbocycles. The minimum absolute atomic E-state index is 0.206. The quantitative estimate of drug-likeness (QED) is 0.473. The summed E-state index contributed by atoms with van der Waals surface area (Å²) in [6.07, 6.45) is 4.51. The highest BCUT2D eigenvalue weighted by atomic mass is 35.5. The fourth-order valence-corrected chi connectivity index (χ4v) is 2.77. The van der Waals surface area contributed by atoms with E-state index in [1.54, 1.807) is 30.5 Å². The average Bonchev–Trinajstić information content (AvgIpc) is 2.68. The lowest BCUT2D eigenvalue weighted by molar-refractivity contribution is -0.117. The van der Waals surface area contributed by atoms with Crippen LogP contribution in [0.25, 0.3) is 17.2 Å². The minimum Gasteiger partial charge on any atom is -0.346 e. The van der Waals surface area contributed by atoms with Crippen LogP contribution < -0.4 is 5.32 Å². The Labute approximate surface area is 162 Å². The molecule has 0 radical (unpaired) electrons. The molecule has 0 aliphatic heterocycles. The third kappa shape index (κ3) is 5.02. The van der Waals surface area contributed by atoms with Crippen molar-refractivity contribution in [3.05, 3.63) is 95.0 Å². The van der Waals surface area contributed by atoms with Gasteiger partial charge in [0, 0.05) is 23.4 Å². The molecule has 3 nitrogen and oxygen atoms in total. The van der Waals surface area contributed by atoms with Gasteiger partial charge in [0.25, 0.3) is 0 Å². The molecule has 0 saturated carbocycles. The molecule has 1 atom stereocenters. The number of benzene rings is 2. The second-order valence-electron chi connectivity index (χ2n) is 6.08. The Hall–Kier alpha value is -2.98. The molecule has 0 spiro atoms. The molecule has 3 rings (SSSR count). The maximum atomic E-state index is 13.6. The summed E-state index contributed by atoms with van der Waals surface area (Å²) >= 11 is 5.83. The predicted octanol–water partition coefficient (Wildman–Crippen LogP) is 5.43. The average molecular weight is 381 g/mol. The van der Waals surface area contributed by atoms with Crippen molar-refractivity contribution in [2.75, 3.05) is 0 Å². The van der Waals surface area contributed by atoms with Gasteiger partial charge in [0.15, 0.2) is 0 Å². The molecule has 0 aliphatic rings. The Morgan fingerprint density at radius 2 is 1.93 bits per heavy atom. The topological polar surface area (TPSA) is 42.0 Å². The number of aromatic nitrogens is 1. The highest BCUT2D eigenvalue weighted by Crippen LogP contribution is 2.23. The van der Waals surface area contributed by atoms with E-state index in [0.29, 0.717) is 10.7 Å². The van der Waals surface area contributed by atoms with Gasteiger partial charge in [0.05, 0.1) is 6.04 Å². The molecule has 2 aromatic carbocycles. The van der Waals surface area contributed by atoms with E-state index in [4.69, 9.17) is 11.6 Å². The van der Waals surface area contributed by atoms with E-state index in [0.717, 1.165) is 16.7 Å². The van der Waals surface area contributed by atoms with Crippen LogP contribution in [0.3, 0.4) is 0 Å². The molecule has 1 N–H and O–H groups in total.